The summed E-state index contributed by atoms with van der Waals surface area (Å²) in [6, 6.07) is 15.3. The maximum absolute atomic E-state index is 11.1. The van der Waals surface area contributed by atoms with Crippen LogP contribution in [-0.4, -0.2) is 30.2 Å². The number of carbonyl (C=O) groups excluding carboxylic acids is 1. The van der Waals surface area contributed by atoms with Gasteiger partial charge in [0.1, 0.15) is 18.1 Å². The molecule has 0 saturated carbocycles. The lowest BCUT2D eigenvalue weighted by Crippen LogP contribution is -2.19. The van der Waals surface area contributed by atoms with Crippen molar-refractivity contribution in [1.29, 1.82) is 0 Å². The summed E-state index contributed by atoms with van der Waals surface area (Å²) >= 11 is 1.34. The molecule has 6 nitrogen and oxygen atoms in total. The van der Waals surface area contributed by atoms with Crippen LogP contribution < -0.4 is 14.8 Å². The molecule has 1 aliphatic heterocycles. The number of thioether (sulfide) groups is 1. The van der Waals surface area contributed by atoms with Crippen molar-refractivity contribution < 1.29 is 14.3 Å². The van der Waals surface area contributed by atoms with Crippen LogP contribution in [0.1, 0.15) is 11.1 Å². The smallest absolute Gasteiger partial charge is 0.236 e. The second-order valence-electron chi connectivity index (χ2n) is 5.20. The molecule has 1 heterocycles. The molecule has 2 aromatic carbocycles. The molecule has 0 atom stereocenters. The summed E-state index contributed by atoms with van der Waals surface area (Å²) in [5.74, 6) is 1.88. The molecule has 1 saturated heterocycles. The molecule has 0 aromatic heterocycles. The number of hydrogen-bond donors (Lipinski definition) is 1. The van der Waals surface area contributed by atoms with E-state index in [0.29, 0.717) is 17.5 Å². The standard InChI is InChI=1S/C18H17N3O3S/c1-23-15-6-3-5-14(9-15)11-24-16-7-2-4-13(8-16)10-19-21-18-20-17(22)12-25-18/h2-10H,11-12H2,1H3,(H,20,21,22). The molecular weight excluding hydrogens is 338 g/mol. The summed E-state index contributed by atoms with van der Waals surface area (Å²) in [4.78, 5) is 11.1. The highest BCUT2D eigenvalue weighted by atomic mass is 32.2. The van der Waals surface area contributed by atoms with Gasteiger partial charge in [-0.2, -0.15) is 5.10 Å². The summed E-state index contributed by atoms with van der Waals surface area (Å²) in [7, 11) is 1.64. The number of nitrogens with one attached hydrogen (secondary N) is 1. The number of carbonyl (C=O) groups is 1. The second kappa shape index (κ2) is 8.34. The summed E-state index contributed by atoms with van der Waals surface area (Å²) in [6.07, 6.45) is 1.62. The van der Waals surface area contributed by atoms with Crippen molar-refractivity contribution in [1.82, 2.24) is 5.32 Å². The van der Waals surface area contributed by atoms with Gasteiger partial charge in [-0.25, -0.2) is 0 Å². The Labute approximate surface area is 149 Å². The van der Waals surface area contributed by atoms with Gasteiger partial charge in [0.25, 0.3) is 0 Å². The number of benzene rings is 2. The minimum absolute atomic E-state index is 0.0492. The molecule has 0 bridgehead atoms. The quantitative estimate of drug-likeness (QED) is 0.639. The van der Waals surface area contributed by atoms with Crippen molar-refractivity contribution in [2.24, 2.45) is 10.2 Å². The van der Waals surface area contributed by atoms with Gasteiger partial charge < -0.3 is 14.8 Å². The Morgan fingerprint density at radius 1 is 1.20 bits per heavy atom. The zero-order chi connectivity index (χ0) is 17.5. The predicted molar refractivity (Wildman–Crippen MR) is 99.4 cm³/mol. The Hall–Kier alpha value is -2.80. The minimum Gasteiger partial charge on any atom is -0.497 e. The first-order valence-corrected chi connectivity index (χ1v) is 8.61. The SMILES string of the molecule is COc1cccc(COc2cccc(C=NN=C3NC(=O)CS3)c2)c1. The van der Waals surface area contributed by atoms with E-state index >= 15 is 0 Å². The van der Waals surface area contributed by atoms with Gasteiger partial charge in [0.2, 0.25) is 5.91 Å². The monoisotopic (exact) mass is 355 g/mol. The largest absolute Gasteiger partial charge is 0.497 e. The van der Waals surface area contributed by atoms with E-state index in [-0.39, 0.29) is 5.91 Å². The van der Waals surface area contributed by atoms with Crippen molar-refractivity contribution in [3.8, 4) is 11.5 Å². The van der Waals surface area contributed by atoms with Crippen molar-refractivity contribution in [3.63, 3.8) is 0 Å². The van der Waals surface area contributed by atoms with Crippen molar-refractivity contribution >= 4 is 29.1 Å². The molecule has 1 amide bonds. The fourth-order valence-electron chi connectivity index (χ4n) is 2.14. The van der Waals surface area contributed by atoms with Gasteiger partial charge in [-0.05, 0) is 35.4 Å². The molecule has 1 N–H and O–H groups in total. The van der Waals surface area contributed by atoms with Crippen LogP contribution in [0, 0.1) is 0 Å². The number of amides is 1. The minimum atomic E-state index is -0.0492. The van der Waals surface area contributed by atoms with E-state index in [4.69, 9.17) is 9.47 Å². The van der Waals surface area contributed by atoms with E-state index in [0.717, 1.165) is 22.6 Å². The molecule has 1 fully saturated rings. The molecule has 128 valence electrons. The van der Waals surface area contributed by atoms with E-state index in [1.54, 1.807) is 13.3 Å². The van der Waals surface area contributed by atoms with Crippen molar-refractivity contribution in [3.05, 3.63) is 59.7 Å². The van der Waals surface area contributed by atoms with E-state index in [1.807, 2.05) is 48.5 Å². The highest BCUT2D eigenvalue weighted by molar-refractivity contribution is 8.15. The van der Waals surface area contributed by atoms with Crippen LogP contribution in [0.25, 0.3) is 0 Å². The summed E-state index contributed by atoms with van der Waals surface area (Å²) in [5.41, 5.74) is 1.89. The van der Waals surface area contributed by atoms with Crippen LogP contribution in [0.5, 0.6) is 11.5 Å². The Morgan fingerprint density at radius 3 is 2.84 bits per heavy atom. The van der Waals surface area contributed by atoms with Crippen LogP contribution >= 0.6 is 11.8 Å². The number of rotatable bonds is 6. The Kier molecular flexibility index (Phi) is 5.69. The highest BCUT2D eigenvalue weighted by Gasteiger charge is 2.15. The lowest BCUT2D eigenvalue weighted by molar-refractivity contribution is -0.116. The Balaban J connectivity index is 1.60. The average Bonchev–Trinajstić information content (AvgIpc) is 3.06. The number of ether oxygens (including phenoxy) is 2. The third kappa shape index (κ3) is 5.09. The zero-order valence-corrected chi connectivity index (χ0v) is 14.5. The van der Waals surface area contributed by atoms with E-state index in [1.165, 1.54) is 11.8 Å². The fraction of sp³-hybridized carbons (Fsp3) is 0.167. The van der Waals surface area contributed by atoms with Crippen LogP contribution in [0.4, 0.5) is 0 Å². The van der Waals surface area contributed by atoms with E-state index < -0.39 is 0 Å². The third-order valence-electron chi connectivity index (χ3n) is 3.34. The second-order valence-corrected chi connectivity index (χ2v) is 6.16. The third-order valence-corrected chi connectivity index (χ3v) is 4.20. The first-order chi connectivity index (χ1) is 12.2. The van der Waals surface area contributed by atoms with E-state index in [9.17, 15) is 4.79 Å². The molecule has 7 heteroatoms. The van der Waals surface area contributed by atoms with Crippen LogP contribution in [-0.2, 0) is 11.4 Å². The summed E-state index contributed by atoms with van der Waals surface area (Å²) in [5, 5.41) is 11.1. The topological polar surface area (TPSA) is 72.3 Å². The number of nitrogens with zero attached hydrogens (tertiary/aromatic N) is 2. The maximum Gasteiger partial charge on any atom is 0.236 e. The normalized spacial score (nSPS) is 15.6. The van der Waals surface area contributed by atoms with Gasteiger partial charge in [-0.3, -0.25) is 4.79 Å². The number of methoxy groups -OCH3 is 1. The summed E-state index contributed by atoms with van der Waals surface area (Å²) in [6.45, 7) is 0.447. The lowest BCUT2D eigenvalue weighted by atomic mass is 10.2. The highest BCUT2D eigenvalue weighted by Crippen LogP contribution is 2.17. The van der Waals surface area contributed by atoms with Gasteiger partial charge in [0, 0.05) is 0 Å². The molecule has 0 aliphatic carbocycles. The van der Waals surface area contributed by atoms with Crippen LogP contribution in [0.15, 0.2) is 58.7 Å². The first-order valence-electron chi connectivity index (χ1n) is 7.62. The molecule has 0 spiro atoms. The van der Waals surface area contributed by atoms with Gasteiger partial charge in [-0.1, -0.05) is 36.0 Å². The number of amidine groups is 1. The molecule has 2 aromatic rings. The molecule has 3 rings (SSSR count). The van der Waals surface area contributed by atoms with Crippen molar-refractivity contribution in [2.45, 2.75) is 6.61 Å². The molecular formula is C18H17N3O3S. The summed E-state index contributed by atoms with van der Waals surface area (Å²) < 4.78 is 11.0. The van der Waals surface area contributed by atoms with Gasteiger partial charge in [-0.15, -0.1) is 5.10 Å². The average molecular weight is 355 g/mol. The number of hydrogen-bond acceptors (Lipinski definition) is 6. The van der Waals surface area contributed by atoms with Crippen molar-refractivity contribution in [2.75, 3.05) is 12.9 Å². The van der Waals surface area contributed by atoms with Crippen LogP contribution in [0.3, 0.4) is 0 Å². The lowest BCUT2D eigenvalue weighted by Gasteiger charge is -2.08. The van der Waals surface area contributed by atoms with Crippen LogP contribution in [0.2, 0.25) is 0 Å². The zero-order valence-electron chi connectivity index (χ0n) is 13.6. The van der Waals surface area contributed by atoms with Gasteiger partial charge in [0.05, 0.1) is 19.1 Å². The fourth-order valence-corrected chi connectivity index (χ4v) is 2.77. The predicted octanol–water partition coefficient (Wildman–Crippen LogP) is 2.83. The molecule has 0 radical (unpaired) electrons. The van der Waals surface area contributed by atoms with Gasteiger partial charge >= 0.3 is 0 Å². The van der Waals surface area contributed by atoms with Gasteiger partial charge in [0.15, 0.2) is 5.17 Å². The first kappa shape index (κ1) is 17.0. The molecule has 25 heavy (non-hydrogen) atoms. The molecule has 1 aliphatic rings. The Morgan fingerprint density at radius 2 is 2.04 bits per heavy atom. The Bertz CT molecular complexity index is 821. The molecule has 0 unspecified atom stereocenters. The maximum atomic E-state index is 11.1. The van der Waals surface area contributed by atoms with E-state index in [2.05, 4.69) is 15.5 Å².